The second-order valence-electron chi connectivity index (χ2n) is 4.29. The number of halogens is 3. The summed E-state index contributed by atoms with van der Waals surface area (Å²) in [6.45, 7) is 1.99. The van der Waals surface area contributed by atoms with E-state index in [1.165, 1.54) is 12.1 Å². The van der Waals surface area contributed by atoms with Crippen LogP contribution < -0.4 is 0 Å². The zero-order valence-corrected chi connectivity index (χ0v) is 11.2. The Morgan fingerprint density at radius 3 is 2.47 bits per heavy atom. The summed E-state index contributed by atoms with van der Waals surface area (Å²) in [5.74, 6) is -1.48. The van der Waals surface area contributed by atoms with Crippen molar-refractivity contribution in [2.45, 2.75) is 6.92 Å². The molecule has 0 N–H and O–H groups in total. The Balaban J connectivity index is 2.45. The SMILES string of the molecule is Cc1ccccc1C=C(CCl)c1ccc(F)c(F)c1. The maximum atomic E-state index is 13.2. The Kier molecular flexibility index (Phi) is 4.33. The lowest BCUT2D eigenvalue weighted by atomic mass is 10.0. The van der Waals surface area contributed by atoms with Gasteiger partial charge in [-0.15, -0.1) is 11.6 Å². The van der Waals surface area contributed by atoms with Crippen LogP contribution in [0, 0.1) is 18.6 Å². The molecule has 0 saturated heterocycles. The Morgan fingerprint density at radius 1 is 1.11 bits per heavy atom. The van der Waals surface area contributed by atoms with Gasteiger partial charge in [-0.05, 0) is 47.4 Å². The number of hydrogen-bond donors (Lipinski definition) is 0. The normalized spacial score (nSPS) is 11.7. The average molecular weight is 279 g/mol. The maximum Gasteiger partial charge on any atom is 0.159 e. The van der Waals surface area contributed by atoms with Gasteiger partial charge in [0.2, 0.25) is 0 Å². The lowest BCUT2D eigenvalue weighted by molar-refractivity contribution is 0.508. The van der Waals surface area contributed by atoms with Crippen molar-refractivity contribution >= 4 is 23.3 Å². The molecule has 0 spiro atoms. The van der Waals surface area contributed by atoms with Crippen molar-refractivity contribution in [2.24, 2.45) is 0 Å². The molecule has 0 aliphatic heterocycles. The number of alkyl halides is 1. The molecule has 0 aromatic heterocycles. The van der Waals surface area contributed by atoms with Crippen LogP contribution in [0.3, 0.4) is 0 Å². The van der Waals surface area contributed by atoms with E-state index in [9.17, 15) is 8.78 Å². The largest absolute Gasteiger partial charge is 0.204 e. The van der Waals surface area contributed by atoms with E-state index in [-0.39, 0.29) is 5.88 Å². The zero-order valence-electron chi connectivity index (χ0n) is 10.5. The molecule has 0 radical (unpaired) electrons. The van der Waals surface area contributed by atoms with Gasteiger partial charge in [0.1, 0.15) is 0 Å². The minimum atomic E-state index is -0.863. The van der Waals surface area contributed by atoms with E-state index in [4.69, 9.17) is 11.6 Å². The van der Waals surface area contributed by atoms with Gasteiger partial charge in [0.05, 0.1) is 0 Å². The summed E-state index contributed by atoms with van der Waals surface area (Å²) in [7, 11) is 0. The molecule has 0 nitrogen and oxygen atoms in total. The third kappa shape index (κ3) is 3.21. The Morgan fingerprint density at radius 2 is 1.84 bits per heavy atom. The van der Waals surface area contributed by atoms with Crippen molar-refractivity contribution in [3.05, 3.63) is 70.8 Å². The van der Waals surface area contributed by atoms with Crippen molar-refractivity contribution in [3.8, 4) is 0 Å². The van der Waals surface area contributed by atoms with Gasteiger partial charge < -0.3 is 0 Å². The standard InChI is InChI=1S/C16H13ClF2/c1-11-4-2-3-5-12(11)8-14(10-17)13-6-7-15(18)16(19)9-13/h2-9H,10H2,1H3. The van der Waals surface area contributed by atoms with Gasteiger partial charge in [0.15, 0.2) is 11.6 Å². The van der Waals surface area contributed by atoms with E-state index in [0.717, 1.165) is 22.8 Å². The monoisotopic (exact) mass is 278 g/mol. The molecule has 0 saturated carbocycles. The smallest absolute Gasteiger partial charge is 0.159 e. The number of rotatable bonds is 3. The van der Waals surface area contributed by atoms with Crippen molar-refractivity contribution in [1.29, 1.82) is 0 Å². The fourth-order valence-electron chi connectivity index (χ4n) is 1.83. The Hall–Kier alpha value is -1.67. The first-order valence-electron chi connectivity index (χ1n) is 5.89. The minimum Gasteiger partial charge on any atom is -0.204 e. The van der Waals surface area contributed by atoms with Crippen LogP contribution in [0.4, 0.5) is 8.78 Å². The van der Waals surface area contributed by atoms with Crippen LogP contribution in [-0.4, -0.2) is 5.88 Å². The summed E-state index contributed by atoms with van der Waals surface area (Å²) in [6.07, 6.45) is 1.90. The molecule has 0 unspecified atom stereocenters. The topological polar surface area (TPSA) is 0 Å². The third-order valence-corrected chi connectivity index (χ3v) is 3.24. The highest BCUT2D eigenvalue weighted by atomic mass is 35.5. The summed E-state index contributed by atoms with van der Waals surface area (Å²) >= 11 is 5.91. The van der Waals surface area contributed by atoms with Gasteiger partial charge in [-0.3, -0.25) is 0 Å². The highest BCUT2D eigenvalue weighted by molar-refractivity contribution is 6.24. The fourth-order valence-corrected chi connectivity index (χ4v) is 2.06. The molecule has 0 heterocycles. The van der Waals surface area contributed by atoms with E-state index < -0.39 is 11.6 Å². The van der Waals surface area contributed by atoms with Crippen LogP contribution >= 0.6 is 11.6 Å². The van der Waals surface area contributed by atoms with Crippen LogP contribution in [-0.2, 0) is 0 Å². The molecular weight excluding hydrogens is 266 g/mol. The molecule has 2 aromatic carbocycles. The van der Waals surface area contributed by atoms with E-state index >= 15 is 0 Å². The summed E-state index contributed by atoms with van der Waals surface area (Å²) < 4.78 is 26.2. The van der Waals surface area contributed by atoms with Gasteiger partial charge in [0, 0.05) is 5.88 Å². The van der Waals surface area contributed by atoms with E-state index in [2.05, 4.69) is 0 Å². The van der Waals surface area contributed by atoms with Crippen LogP contribution in [0.15, 0.2) is 42.5 Å². The molecule has 0 amide bonds. The van der Waals surface area contributed by atoms with Gasteiger partial charge in [0.25, 0.3) is 0 Å². The van der Waals surface area contributed by atoms with Crippen LogP contribution in [0.25, 0.3) is 11.6 Å². The van der Waals surface area contributed by atoms with Crippen molar-refractivity contribution in [1.82, 2.24) is 0 Å². The second kappa shape index (κ2) is 5.98. The van der Waals surface area contributed by atoms with Gasteiger partial charge in [-0.1, -0.05) is 30.3 Å². The number of aryl methyl sites for hydroxylation is 1. The highest BCUT2D eigenvalue weighted by Gasteiger charge is 2.07. The lowest BCUT2D eigenvalue weighted by Crippen LogP contribution is -1.91. The molecule has 0 bridgehead atoms. The summed E-state index contributed by atoms with van der Waals surface area (Å²) in [6, 6.07) is 11.6. The fraction of sp³-hybridized carbons (Fsp3) is 0.125. The molecule has 0 fully saturated rings. The van der Waals surface area contributed by atoms with E-state index in [0.29, 0.717) is 5.56 Å². The predicted molar refractivity (Wildman–Crippen MR) is 76.1 cm³/mol. The van der Waals surface area contributed by atoms with Gasteiger partial charge >= 0.3 is 0 Å². The van der Waals surface area contributed by atoms with Crippen molar-refractivity contribution in [3.63, 3.8) is 0 Å². The predicted octanol–water partition coefficient (Wildman–Crippen LogP) is 5.05. The van der Waals surface area contributed by atoms with Gasteiger partial charge in [-0.25, -0.2) is 8.78 Å². The Bertz CT molecular complexity index is 618. The first kappa shape index (κ1) is 13.8. The molecule has 3 heteroatoms. The number of hydrogen-bond acceptors (Lipinski definition) is 0. The molecule has 0 atom stereocenters. The number of benzene rings is 2. The van der Waals surface area contributed by atoms with Crippen molar-refractivity contribution < 1.29 is 8.78 Å². The molecule has 2 rings (SSSR count). The number of allylic oxidation sites excluding steroid dienone is 1. The quantitative estimate of drug-likeness (QED) is 0.544. The average Bonchev–Trinajstić information content (AvgIpc) is 2.41. The molecular formula is C16H13ClF2. The maximum absolute atomic E-state index is 13.2. The summed E-state index contributed by atoms with van der Waals surface area (Å²) in [5.41, 5.74) is 3.47. The first-order chi connectivity index (χ1) is 9.11. The molecule has 0 aliphatic carbocycles. The molecule has 2 aromatic rings. The van der Waals surface area contributed by atoms with Crippen LogP contribution in [0.2, 0.25) is 0 Å². The molecule has 98 valence electrons. The third-order valence-electron chi connectivity index (χ3n) is 2.95. The second-order valence-corrected chi connectivity index (χ2v) is 4.56. The van der Waals surface area contributed by atoms with E-state index in [1.807, 2.05) is 37.3 Å². The van der Waals surface area contributed by atoms with E-state index in [1.54, 1.807) is 0 Å². The lowest BCUT2D eigenvalue weighted by Gasteiger charge is -2.07. The minimum absolute atomic E-state index is 0.236. The zero-order chi connectivity index (χ0) is 13.8. The summed E-state index contributed by atoms with van der Waals surface area (Å²) in [5, 5.41) is 0. The van der Waals surface area contributed by atoms with Gasteiger partial charge in [-0.2, -0.15) is 0 Å². The van der Waals surface area contributed by atoms with Crippen LogP contribution in [0.1, 0.15) is 16.7 Å². The highest BCUT2D eigenvalue weighted by Crippen LogP contribution is 2.22. The van der Waals surface area contributed by atoms with Crippen molar-refractivity contribution in [2.75, 3.05) is 5.88 Å². The van der Waals surface area contributed by atoms with Crippen LogP contribution in [0.5, 0.6) is 0 Å². The molecule has 19 heavy (non-hydrogen) atoms. The summed E-state index contributed by atoms with van der Waals surface area (Å²) in [4.78, 5) is 0. The first-order valence-corrected chi connectivity index (χ1v) is 6.43. The Labute approximate surface area is 116 Å². The molecule has 0 aliphatic rings.